The summed E-state index contributed by atoms with van der Waals surface area (Å²) in [4.78, 5) is 3.76. The molecule has 56 valence electrons. The van der Waals surface area contributed by atoms with Gasteiger partial charge in [0.1, 0.15) is 10.9 Å². The van der Waals surface area contributed by atoms with Crippen LogP contribution in [0.15, 0.2) is 11.2 Å². The molecule has 0 fully saturated rings. The fourth-order valence-electron chi connectivity index (χ4n) is 0.607. The van der Waals surface area contributed by atoms with Crippen LogP contribution in [0.5, 0.6) is 0 Å². The van der Waals surface area contributed by atoms with Crippen molar-refractivity contribution < 1.29 is 8.76 Å². The van der Waals surface area contributed by atoms with Gasteiger partial charge in [0.2, 0.25) is 0 Å². The van der Waals surface area contributed by atoms with E-state index in [9.17, 15) is 8.76 Å². The predicted molar refractivity (Wildman–Crippen MR) is 35.1 cm³/mol. The molecule has 10 heavy (non-hydrogen) atoms. The Morgan fingerprint density at radius 2 is 2.40 bits per heavy atom. The lowest BCUT2D eigenvalue weighted by molar-refractivity contribution is 0.534. The van der Waals surface area contributed by atoms with Crippen LogP contribution in [0.3, 0.4) is 0 Å². The van der Waals surface area contributed by atoms with Crippen LogP contribution < -0.4 is 0 Å². The second kappa shape index (κ2) is 2.51. The van der Waals surface area contributed by atoms with E-state index >= 15 is 0 Å². The van der Waals surface area contributed by atoms with Crippen molar-refractivity contribution in [1.29, 1.82) is 0 Å². The Kier molecular flexibility index (Phi) is 1.87. The number of imidazole rings is 1. The maximum atomic E-state index is 10.3. The molecule has 0 saturated carbocycles. The molecular formula is C5H7N2O2S-. The van der Waals surface area contributed by atoms with Crippen LogP contribution in [0.4, 0.5) is 0 Å². The van der Waals surface area contributed by atoms with Crippen molar-refractivity contribution in [1.82, 2.24) is 9.55 Å². The highest BCUT2D eigenvalue weighted by Crippen LogP contribution is 2.02. The van der Waals surface area contributed by atoms with Gasteiger partial charge in [0.15, 0.2) is 0 Å². The first-order valence-corrected chi connectivity index (χ1v) is 3.78. The van der Waals surface area contributed by atoms with Crippen molar-refractivity contribution in [2.75, 3.05) is 0 Å². The molecule has 0 aromatic carbocycles. The molecule has 1 atom stereocenters. The second-order valence-electron chi connectivity index (χ2n) is 1.97. The topological polar surface area (TPSA) is 57.9 Å². The van der Waals surface area contributed by atoms with E-state index in [1.807, 2.05) is 0 Å². The van der Waals surface area contributed by atoms with E-state index < -0.39 is 11.1 Å². The van der Waals surface area contributed by atoms with Crippen LogP contribution in [-0.2, 0) is 18.1 Å². The van der Waals surface area contributed by atoms with Gasteiger partial charge in [-0.15, -0.1) is 0 Å². The Labute approximate surface area is 61.2 Å². The Bertz CT molecular complexity index is 249. The van der Waals surface area contributed by atoms with Gasteiger partial charge >= 0.3 is 0 Å². The fourth-order valence-corrected chi connectivity index (χ4v) is 1.06. The summed E-state index contributed by atoms with van der Waals surface area (Å²) in [5.41, 5.74) is 0. The summed E-state index contributed by atoms with van der Waals surface area (Å²) in [5.74, 6) is 0.694. The maximum absolute atomic E-state index is 10.3. The van der Waals surface area contributed by atoms with Gasteiger partial charge in [0.05, 0.1) is 0 Å². The number of aryl methyl sites for hydroxylation is 2. The van der Waals surface area contributed by atoms with Gasteiger partial charge in [-0.2, -0.15) is 0 Å². The molecule has 0 aliphatic rings. The van der Waals surface area contributed by atoms with Gasteiger partial charge in [0, 0.05) is 13.2 Å². The van der Waals surface area contributed by atoms with Gasteiger partial charge < -0.3 is 9.12 Å². The highest BCUT2D eigenvalue weighted by Gasteiger charge is 1.98. The molecule has 1 aromatic rings. The zero-order chi connectivity index (χ0) is 7.72. The standard InChI is InChI=1S/C5H8N2O2S/c1-4-6-5(10(8)9)3-7(4)2/h3H,1-2H3,(H,8,9)/p-1. The molecule has 1 rings (SSSR count). The smallest absolute Gasteiger partial charge is 0.131 e. The lowest BCUT2D eigenvalue weighted by Crippen LogP contribution is -1.87. The maximum Gasteiger partial charge on any atom is 0.131 e. The third kappa shape index (κ3) is 1.25. The largest absolute Gasteiger partial charge is 0.767 e. The summed E-state index contributed by atoms with van der Waals surface area (Å²) >= 11 is -2.20. The molecule has 4 nitrogen and oxygen atoms in total. The molecule has 0 N–H and O–H groups in total. The lowest BCUT2D eigenvalue weighted by Gasteiger charge is -1.96. The van der Waals surface area contributed by atoms with E-state index in [4.69, 9.17) is 0 Å². The van der Waals surface area contributed by atoms with Crippen LogP contribution in [0.2, 0.25) is 0 Å². The summed E-state index contributed by atoms with van der Waals surface area (Å²) < 4.78 is 22.2. The van der Waals surface area contributed by atoms with Gasteiger partial charge in [-0.3, -0.25) is 4.21 Å². The Morgan fingerprint density at radius 1 is 1.80 bits per heavy atom. The average molecular weight is 159 g/mol. The number of aromatic nitrogens is 2. The van der Waals surface area contributed by atoms with Crippen LogP contribution in [0.1, 0.15) is 5.82 Å². The first-order valence-electron chi connectivity index (χ1n) is 2.70. The van der Waals surface area contributed by atoms with Crippen molar-refractivity contribution in [3.05, 3.63) is 12.0 Å². The molecule has 0 aliphatic carbocycles. The zero-order valence-electron chi connectivity index (χ0n) is 5.70. The highest BCUT2D eigenvalue weighted by atomic mass is 32.2. The van der Waals surface area contributed by atoms with Gasteiger partial charge in [-0.1, -0.05) is 0 Å². The van der Waals surface area contributed by atoms with E-state index in [0.29, 0.717) is 5.82 Å². The first kappa shape index (κ1) is 7.43. The number of hydrogen-bond donors (Lipinski definition) is 0. The number of hydrogen-bond acceptors (Lipinski definition) is 3. The molecule has 0 spiro atoms. The van der Waals surface area contributed by atoms with Crippen LogP contribution in [0, 0.1) is 6.92 Å². The van der Waals surface area contributed by atoms with E-state index in [2.05, 4.69) is 4.98 Å². The van der Waals surface area contributed by atoms with E-state index in [1.165, 1.54) is 6.20 Å². The molecular weight excluding hydrogens is 152 g/mol. The van der Waals surface area contributed by atoms with Crippen LogP contribution in [0.25, 0.3) is 0 Å². The summed E-state index contributed by atoms with van der Waals surface area (Å²) in [6.07, 6.45) is 1.47. The summed E-state index contributed by atoms with van der Waals surface area (Å²) in [7, 11) is 1.75. The molecule has 1 heterocycles. The van der Waals surface area contributed by atoms with Crippen LogP contribution in [-0.4, -0.2) is 18.3 Å². The Balaban J connectivity index is 3.10. The minimum Gasteiger partial charge on any atom is -0.767 e. The van der Waals surface area contributed by atoms with Crippen LogP contribution >= 0.6 is 0 Å². The molecule has 0 bridgehead atoms. The first-order chi connectivity index (χ1) is 4.61. The molecule has 5 heteroatoms. The molecule has 0 amide bonds. The summed E-state index contributed by atoms with van der Waals surface area (Å²) in [6, 6.07) is 0. The van der Waals surface area contributed by atoms with E-state index in [-0.39, 0.29) is 5.03 Å². The van der Waals surface area contributed by atoms with Crippen molar-refractivity contribution in [2.24, 2.45) is 7.05 Å². The SMILES string of the molecule is Cc1nc(S(=O)[O-])cn1C. The fraction of sp³-hybridized carbons (Fsp3) is 0.400. The lowest BCUT2D eigenvalue weighted by atomic mass is 10.7. The third-order valence-electron chi connectivity index (χ3n) is 1.26. The van der Waals surface area contributed by atoms with Gasteiger partial charge in [-0.05, 0) is 18.0 Å². The van der Waals surface area contributed by atoms with Gasteiger partial charge in [0.25, 0.3) is 0 Å². The van der Waals surface area contributed by atoms with Crippen molar-refractivity contribution >= 4 is 11.1 Å². The summed E-state index contributed by atoms with van der Waals surface area (Å²) in [5, 5.41) is 0.0972. The minimum absolute atomic E-state index is 0.0972. The second-order valence-corrected chi connectivity index (χ2v) is 2.86. The quantitative estimate of drug-likeness (QED) is 0.540. The molecule has 1 unspecified atom stereocenters. The Morgan fingerprint density at radius 3 is 2.60 bits per heavy atom. The van der Waals surface area contributed by atoms with Crippen molar-refractivity contribution in [3.8, 4) is 0 Å². The van der Waals surface area contributed by atoms with E-state index in [1.54, 1.807) is 18.5 Å². The van der Waals surface area contributed by atoms with Crippen molar-refractivity contribution in [3.63, 3.8) is 0 Å². The summed E-state index contributed by atoms with van der Waals surface area (Å²) in [6.45, 7) is 1.75. The molecule has 0 aliphatic heterocycles. The number of rotatable bonds is 1. The monoisotopic (exact) mass is 159 g/mol. The molecule has 1 aromatic heterocycles. The number of nitrogens with zero attached hydrogens (tertiary/aromatic N) is 2. The predicted octanol–water partition coefficient (Wildman–Crippen LogP) is -0.0335. The zero-order valence-corrected chi connectivity index (χ0v) is 6.51. The third-order valence-corrected chi connectivity index (χ3v) is 1.80. The molecule has 0 saturated heterocycles. The Hall–Kier alpha value is -0.680. The average Bonchev–Trinajstić information content (AvgIpc) is 2.13. The van der Waals surface area contributed by atoms with Crippen molar-refractivity contribution in [2.45, 2.75) is 11.9 Å². The molecule has 0 radical (unpaired) electrons. The highest BCUT2D eigenvalue weighted by molar-refractivity contribution is 7.79. The van der Waals surface area contributed by atoms with Gasteiger partial charge in [-0.25, -0.2) is 4.98 Å². The minimum atomic E-state index is -2.20. The normalized spacial score (nSPS) is 13.5. The van der Waals surface area contributed by atoms with E-state index in [0.717, 1.165) is 0 Å².